The van der Waals surface area contributed by atoms with E-state index in [-0.39, 0.29) is 24.1 Å². The lowest BCUT2D eigenvalue weighted by atomic mass is 10.2. The van der Waals surface area contributed by atoms with E-state index in [1.54, 1.807) is 24.8 Å². The Balaban J connectivity index is 1.45. The molecular formula is C21H25N9O2. The van der Waals surface area contributed by atoms with Crippen molar-refractivity contribution in [1.82, 2.24) is 39.8 Å². The van der Waals surface area contributed by atoms with Gasteiger partial charge in [-0.1, -0.05) is 13.3 Å². The predicted molar refractivity (Wildman–Crippen MR) is 119 cm³/mol. The van der Waals surface area contributed by atoms with Crippen LogP contribution in [-0.2, 0) is 19.6 Å². The van der Waals surface area contributed by atoms with Crippen LogP contribution in [0, 0.1) is 0 Å². The van der Waals surface area contributed by atoms with Crippen molar-refractivity contribution in [1.29, 1.82) is 0 Å². The quantitative estimate of drug-likeness (QED) is 0.314. The minimum Gasteiger partial charge on any atom is -0.463 e. The second-order valence-electron chi connectivity index (χ2n) is 7.27. The number of fused-ring (bicyclic) bond motifs is 1. The predicted octanol–water partition coefficient (Wildman–Crippen LogP) is 1.40. The van der Waals surface area contributed by atoms with Crippen LogP contribution in [0.25, 0.3) is 11.2 Å². The molecule has 4 aromatic rings. The van der Waals surface area contributed by atoms with Crippen LogP contribution in [0.1, 0.15) is 36.7 Å². The van der Waals surface area contributed by atoms with E-state index in [0.29, 0.717) is 36.6 Å². The highest BCUT2D eigenvalue weighted by Gasteiger charge is 2.15. The third-order valence-electron chi connectivity index (χ3n) is 4.82. The lowest BCUT2D eigenvalue weighted by Gasteiger charge is -2.07. The maximum absolute atomic E-state index is 12.5. The van der Waals surface area contributed by atoms with Gasteiger partial charge in [-0.05, 0) is 24.1 Å². The number of rotatable bonds is 10. The van der Waals surface area contributed by atoms with Crippen molar-refractivity contribution in [3.63, 3.8) is 0 Å². The van der Waals surface area contributed by atoms with Crippen molar-refractivity contribution in [2.24, 2.45) is 0 Å². The van der Waals surface area contributed by atoms with Crippen LogP contribution in [0.15, 0.2) is 41.7 Å². The molecule has 0 saturated heterocycles. The molecule has 32 heavy (non-hydrogen) atoms. The van der Waals surface area contributed by atoms with Crippen molar-refractivity contribution >= 4 is 17.0 Å². The number of ether oxygens (including phenoxy) is 1. The van der Waals surface area contributed by atoms with Gasteiger partial charge < -0.3 is 20.8 Å². The maximum Gasteiger partial charge on any atom is 0.328 e. The van der Waals surface area contributed by atoms with Crippen LogP contribution in [0.3, 0.4) is 0 Å². The summed E-state index contributed by atoms with van der Waals surface area (Å²) in [6.45, 7) is 4.03. The fourth-order valence-electron chi connectivity index (χ4n) is 3.10. The first-order valence-electron chi connectivity index (χ1n) is 10.4. The number of hydrogen-bond acceptors (Lipinski definition) is 9. The first kappa shape index (κ1) is 21.4. The highest BCUT2D eigenvalue weighted by Crippen LogP contribution is 2.18. The summed E-state index contributed by atoms with van der Waals surface area (Å²) in [5.41, 5.74) is 8.95. The fraction of sp³-hybridized carbons (Fsp3) is 0.333. The number of aromatic amines is 1. The van der Waals surface area contributed by atoms with Gasteiger partial charge >= 0.3 is 11.7 Å². The van der Waals surface area contributed by atoms with E-state index < -0.39 is 0 Å². The smallest absolute Gasteiger partial charge is 0.328 e. The third kappa shape index (κ3) is 5.06. The lowest BCUT2D eigenvalue weighted by molar-refractivity contribution is 0.286. The van der Waals surface area contributed by atoms with Gasteiger partial charge in [0, 0.05) is 25.5 Å². The Morgan fingerprint density at radius 3 is 2.66 bits per heavy atom. The van der Waals surface area contributed by atoms with Gasteiger partial charge in [0.25, 0.3) is 0 Å². The summed E-state index contributed by atoms with van der Waals surface area (Å²) in [6.07, 6.45) is 8.73. The molecule has 0 aromatic carbocycles. The van der Waals surface area contributed by atoms with E-state index in [4.69, 9.17) is 10.5 Å². The molecule has 166 valence electrons. The average molecular weight is 435 g/mol. The molecule has 0 saturated carbocycles. The number of aromatic nitrogens is 7. The number of unbranched alkanes of at least 4 members (excludes halogenated alkanes) is 1. The van der Waals surface area contributed by atoms with Crippen molar-refractivity contribution in [3.05, 3.63) is 64.4 Å². The van der Waals surface area contributed by atoms with Gasteiger partial charge in [0.05, 0.1) is 36.9 Å². The Kier molecular flexibility index (Phi) is 6.66. The summed E-state index contributed by atoms with van der Waals surface area (Å²) in [5, 5.41) is 3.31. The molecule has 11 heteroatoms. The minimum atomic E-state index is -0.350. The molecule has 0 fully saturated rings. The monoisotopic (exact) mass is 435 g/mol. The molecular weight excluding hydrogens is 410 g/mol. The standard InChI is InChI=1S/C21H25N9O2/c1-2-3-8-32-20-28-18(22)17-19(29-20)30(21(31)27-17)13-16-12-25-15(11-26-16)10-24-9-14-4-6-23-7-5-14/h4-7,11-12,24H,2-3,8-10,13H2,1H3,(H,27,31)(H2,22,28,29). The van der Waals surface area contributed by atoms with Gasteiger partial charge in [-0.25, -0.2) is 4.79 Å². The fourth-order valence-corrected chi connectivity index (χ4v) is 3.10. The van der Waals surface area contributed by atoms with Gasteiger partial charge in [-0.2, -0.15) is 9.97 Å². The number of H-pyrrole nitrogens is 1. The molecule has 0 aliphatic rings. The average Bonchev–Trinajstić information content (AvgIpc) is 3.12. The van der Waals surface area contributed by atoms with Gasteiger partial charge in [0.2, 0.25) is 0 Å². The Bertz CT molecular complexity index is 1220. The molecule has 0 amide bonds. The number of nitrogens with one attached hydrogen (secondary N) is 2. The summed E-state index contributed by atoms with van der Waals surface area (Å²) < 4.78 is 7.01. The number of anilines is 1. The Morgan fingerprint density at radius 1 is 1.12 bits per heavy atom. The zero-order chi connectivity index (χ0) is 22.3. The first-order valence-corrected chi connectivity index (χ1v) is 10.4. The molecule has 0 atom stereocenters. The number of pyridine rings is 1. The maximum atomic E-state index is 12.5. The molecule has 4 rings (SSSR count). The van der Waals surface area contributed by atoms with Crippen molar-refractivity contribution in [3.8, 4) is 6.01 Å². The Hall–Kier alpha value is -3.86. The topological polar surface area (TPSA) is 150 Å². The molecule has 0 bridgehead atoms. The van der Waals surface area contributed by atoms with Crippen LogP contribution in [-0.4, -0.2) is 41.1 Å². The lowest BCUT2D eigenvalue weighted by Crippen LogP contribution is -2.19. The summed E-state index contributed by atoms with van der Waals surface area (Å²) in [6, 6.07) is 4.06. The Labute approximate surface area is 184 Å². The summed E-state index contributed by atoms with van der Waals surface area (Å²) in [7, 11) is 0. The number of hydrogen-bond donors (Lipinski definition) is 3. The summed E-state index contributed by atoms with van der Waals surface area (Å²) in [4.78, 5) is 36.6. The molecule has 11 nitrogen and oxygen atoms in total. The molecule has 4 heterocycles. The molecule has 4 N–H and O–H groups in total. The Morgan fingerprint density at radius 2 is 1.91 bits per heavy atom. The summed E-state index contributed by atoms with van der Waals surface area (Å²) in [5.74, 6) is 0.166. The van der Waals surface area contributed by atoms with Gasteiger partial charge in [-0.15, -0.1) is 0 Å². The van der Waals surface area contributed by atoms with Crippen LogP contribution in [0.4, 0.5) is 5.82 Å². The second kappa shape index (κ2) is 9.96. The van der Waals surface area contributed by atoms with Gasteiger partial charge in [-0.3, -0.25) is 19.5 Å². The number of nitrogens with two attached hydrogens (primary N) is 1. The van der Waals surface area contributed by atoms with E-state index >= 15 is 0 Å². The highest BCUT2D eigenvalue weighted by molar-refractivity contribution is 5.81. The van der Waals surface area contributed by atoms with E-state index in [1.807, 2.05) is 12.1 Å². The van der Waals surface area contributed by atoms with E-state index in [1.165, 1.54) is 4.57 Å². The normalized spacial score (nSPS) is 11.2. The number of nitrogens with zero attached hydrogens (tertiary/aromatic N) is 6. The molecule has 4 aromatic heterocycles. The molecule has 0 unspecified atom stereocenters. The van der Waals surface area contributed by atoms with Crippen molar-refractivity contribution in [2.45, 2.75) is 39.4 Å². The molecule has 0 aliphatic carbocycles. The first-order chi connectivity index (χ1) is 15.6. The van der Waals surface area contributed by atoms with Crippen LogP contribution < -0.4 is 21.5 Å². The zero-order valence-electron chi connectivity index (χ0n) is 17.8. The van der Waals surface area contributed by atoms with E-state index in [2.05, 4.69) is 42.1 Å². The highest BCUT2D eigenvalue weighted by atomic mass is 16.5. The van der Waals surface area contributed by atoms with E-state index in [9.17, 15) is 4.79 Å². The second-order valence-corrected chi connectivity index (χ2v) is 7.27. The minimum absolute atomic E-state index is 0.151. The van der Waals surface area contributed by atoms with E-state index in [0.717, 1.165) is 24.1 Å². The van der Waals surface area contributed by atoms with Gasteiger partial charge in [0.15, 0.2) is 11.5 Å². The number of nitrogen functional groups attached to an aromatic ring is 1. The van der Waals surface area contributed by atoms with Crippen LogP contribution >= 0.6 is 0 Å². The molecule has 0 spiro atoms. The largest absolute Gasteiger partial charge is 0.463 e. The molecule has 0 aliphatic heterocycles. The van der Waals surface area contributed by atoms with Crippen molar-refractivity contribution < 1.29 is 4.74 Å². The summed E-state index contributed by atoms with van der Waals surface area (Å²) >= 11 is 0. The van der Waals surface area contributed by atoms with Crippen LogP contribution in [0.5, 0.6) is 6.01 Å². The van der Waals surface area contributed by atoms with Crippen LogP contribution in [0.2, 0.25) is 0 Å². The molecule has 0 radical (unpaired) electrons. The third-order valence-corrected chi connectivity index (χ3v) is 4.82. The SMILES string of the molecule is CCCCOc1nc(N)c2[nH]c(=O)n(Cc3cnc(CNCc4ccncc4)cn3)c2n1. The zero-order valence-corrected chi connectivity index (χ0v) is 17.8. The van der Waals surface area contributed by atoms with Crippen molar-refractivity contribution in [2.75, 3.05) is 12.3 Å². The number of imidazole rings is 1. The van der Waals surface area contributed by atoms with Gasteiger partial charge in [0.1, 0.15) is 5.52 Å².